The van der Waals surface area contributed by atoms with Crippen molar-refractivity contribution in [3.05, 3.63) is 72.3 Å². The fraction of sp³-hybridized carbons (Fsp3) is 0.333. The summed E-state index contributed by atoms with van der Waals surface area (Å²) in [4.78, 5) is 30.0. The van der Waals surface area contributed by atoms with Crippen LogP contribution in [-0.4, -0.2) is 61.1 Å². The van der Waals surface area contributed by atoms with Crippen molar-refractivity contribution < 1.29 is 28.5 Å². The average Bonchev–Trinajstić information content (AvgIpc) is 3.71. The minimum Gasteiger partial charge on any atom is -0.465 e. The molecule has 2 heterocycles. The number of nitrogens with one attached hydrogen (secondary N) is 1. The van der Waals surface area contributed by atoms with Crippen LogP contribution in [0.1, 0.15) is 51.5 Å². The van der Waals surface area contributed by atoms with Crippen molar-refractivity contribution in [2.24, 2.45) is 0 Å². The van der Waals surface area contributed by atoms with E-state index in [1.54, 1.807) is 12.1 Å². The van der Waals surface area contributed by atoms with Gasteiger partial charge < -0.3 is 18.9 Å². The fourth-order valence-electron chi connectivity index (χ4n) is 5.51. The molecule has 232 valence electrons. The maximum atomic E-state index is 13.0. The monoisotopic (exact) mass is 610 g/mol. The molecule has 1 fully saturated rings. The molecule has 12 nitrogen and oxygen atoms in total. The van der Waals surface area contributed by atoms with Gasteiger partial charge >= 0.3 is 12.1 Å². The summed E-state index contributed by atoms with van der Waals surface area (Å²) >= 11 is 0. The molecule has 0 aliphatic heterocycles. The van der Waals surface area contributed by atoms with E-state index in [2.05, 4.69) is 25.6 Å². The topological polar surface area (TPSA) is 143 Å². The second-order valence-corrected chi connectivity index (χ2v) is 10.8. The Kier molecular flexibility index (Phi) is 8.99. The number of esters is 1. The molecule has 45 heavy (non-hydrogen) atoms. The van der Waals surface area contributed by atoms with Gasteiger partial charge in [-0.3, -0.25) is 4.57 Å². The Morgan fingerprint density at radius 2 is 1.76 bits per heavy atom. The Labute approximate surface area is 259 Å². The summed E-state index contributed by atoms with van der Waals surface area (Å²) < 4.78 is 24.2. The SMILES string of the molecule is CCOc1nc2cccc(OC(=O)C(C)OC(=O)OC3CCCCC3)c2n1Cc1ccc(-c2ccccc2-c2nn[nH]n2)cc1. The van der Waals surface area contributed by atoms with Gasteiger partial charge in [0.05, 0.1) is 18.7 Å². The van der Waals surface area contributed by atoms with Crippen LogP contribution < -0.4 is 9.47 Å². The van der Waals surface area contributed by atoms with Gasteiger partial charge in [0.1, 0.15) is 11.6 Å². The highest BCUT2D eigenvalue weighted by molar-refractivity contribution is 5.88. The van der Waals surface area contributed by atoms with E-state index in [1.165, 1.54) is 6.92 Å². The van der Waals surface area contributed by atoms with Crippen molar-refractivity contribution in [1.29, 1.82) is 0 Å². The quantitative estimate of drug-likeness (QED) is 0.145. The van der Waals surface area contributed by atoms with E-state index >= 15 is 0 Å². The maximum Gasteiger partial charge on any atom is 0.509 e. The molecule has 1 unspecified atom stereocenters. The first kappa shape index (κ1) is 29.8. The van der Waals surface area contributed by atoms with Gasteiger partial charge in [0.25, 0.3) is 6.01 Å². The van der Waals surface area contributed by atoms with Crippen LogP contribution in [-0.2, 0) is 20.8 Å². The van der Waals surface area contributed by atoms with E-state index in [4.69, 9.17) is 18.9 Å². The average molecular weight is 611 g/mol. The minimum atomic E-state index is -1.16. The highest BCUT2D eigenvalue weighted by Crippen LogP contribution is 2.33. The smallest absolute Gasteiger partial charge is 0.465 e. The van der Waals surface area contributed by atoms with Crippen LogP contribution in [0.2, 0.25) is 0 Å². The Morgan fingerprint density at radius 3 is 2.49 bits per heavy atom. The minimum absolute atomic E-state index is 0.177. The third kappa shape index (κ3) is 6.79. The number of benzene rings is 3. The molecule has 6 rings (SSSR count). The van der Waals surface area contributed by atoms with Crippen LogP contribution in [0, 0.1) is 0 Å². The molecule has 0 amide bonds. The summed E-state index contributed by atoms with van der Waals surface area (Å²) in [5.74, 6) is 0.0694. The van der Waals surface area contributed by atoms with Gasteiger partial charge in [0, 0.05) is 5.56 Å². The molecule has 3 aromatic carbocycles. The Morgan fingerprint density at radius 1 is 0.978 bits per heavy atom. The zero-order valence-electron chi connectivity index (χ0n) is 25.1. The summed E-state index contributed by atoms with van der Waals surface area (Å²) in [6.07, 6.45) is 2.55. The molecule has 1 saturated carbocycles. The van der Waals surface area contributed by atoms with Crippen LogP contribution in [0.25, 0.3) is 33.5 Å². The number of rotatable bonds is 10. The zero-order chi connectivity index (χ0) is 31.2. The van der Waals surface area contributed by atoms with E-state index in [-0.39, 0.29) is 11.9 Å². The molecular weight excluding hydrogens is 576 g/mol. The normalized spacial score (nSPS) is 14.2. The molecule has 0 radical (unpaired) electrons. The van der Waals surface area contributed by atoms with Gasteiger partial charge in [-0.15, -0.1) is 10.2 Å². The first-order valence-corrected chi connectivity index (χ1v) is 15.1. The van der Waals surface area contributed by atoms with Gasteiger partial charge in [0.2, 0.25) is 5.82 Å². The summed E-state index contributed by atoms with van der Waals surface area (Å²) in [6, 6.07) is 21.6. The van der Waals surface area contributed by atoms with Crippen LogP contribution in [0.5, 0.6) is 11.8 Å². The largest absolute Gasteiger partial charge is 0.509 e. The number of tetrazole rings is 1. The second-order valence-electron chi connectivity index (χ2n) is 10.8. The van der Waals surface area contributed by atoms with Crippen molar-refractivity contribution in [2.75, 3.05) is 6.61 Å². The Balaban J connectivity index is 1.22. The van der Waals surface area contributed by atoms with E-state index in [0.29, 0.717) is 36.0 Å². The van der Waals surface area contributed by atoms with Gasteiger partial charge in [-0.05, 0) is 73.6 Å². The maximum absolute atomic E-state index is 13.0. The number of aromatic nitrogens is 6. The van der Waals surface area contributed by atoms with Gasteiger partial charge in [-0.1, -0.05) is 61.0 Å². The molecule has 1 aliphatic rings. The molecule has 0 saturated heterocycles. The molecular formula is C33H34N6O6. The van der Waals surface area contributed by atoms with Crippen LogP contribution in [0.4, 0.5) is 4.79 Å². The molecule has 1 atom stereocenters. The molecule has 1 aliphatic carbocycles. The summed E-state index contributed by atoms with van der Waals surface area (Å²) in [7, 11) is 0. The van der Waals surface area contributed by atoms with E-state index in [0.717, 1.165) is 54.4 Å². The summed E-state index contributed by atoms with van der Waals surface area (Å²) in [5, 5.41) is 14.5. The van der Waals surface area contributed by atoms with Gasteiger partial charge in [-0.25, -0.2) is 9.59 Å². The van der Waals surface area contributed by atoms with Gasteiger partial charge in [-0.2, -0.15) is 10.2 Å². The molecule has 0 bridgehead atoms. The number of H-pyrrole nitrogens is 1. The van der Waals surface area contributed by atoms with E-state index in [1.807, 2.05) is 66.1 Å². The molecule has 1 N–H and O–H groups in total. The van der Waals surface area contributed by atoms with E-state index < -0.39 is 18.2 Å². The predicted octanol–water partition coefficient (Wildman–Crippen LogP) is 6.11. The number of carbonyl (C=O) groups excluding carboxylic acids is 2. The predicted molar refractivity (Wildman–Crippen MR) is 165 cm³/mol. The lowest BCUT2D eigenvalue weighted by atomic mass is 9.98. The lowest BCUT2D eigenvalue weighted by Gasteiger charge is -2.22. The van der Waals surface area contributed by atoms with Crippen molar-refractivity contribution in [3.63, 3.8) is 0 Å². The number of hydrogen-bond acceptors (Lipinski definition) is 10. The summed E-state index contributed by atoms with van der Waals surface area (Å²) in [6.45, 7) is 4.14. The third-order valence-corrected chi connectivity index (χ3v) is 7.72. The van der Waals surface area contributed by atoms with Crippen LogP contribution >= 0.6 is 0 Å². The third-order valence-electron chi connectivity index (χ3n) is 7.72. The number of imidazole rings is 1. The number of carbonyl (C=O) groups is 2. The number of hydrogen-bond donors (Lipinski definition) is 1. The first-order chi connectivity index (χ1) is 22.0. The number of para-hydroxylation sites is 1. The molecule has 12 heteroatoms. The number of ether oxygens (including phenoxy) is 4. The van der Waals surface area contributed by atoms with E-state index in [9.17, 15) is 9.59 Å². The number of fused-ring (bicyclic) bond motifs is 1. The van der Waals surface area contributed by atoms with Crippen molar-refractivity contribution in [3.8, 4) is 34.3 Å². The zero-order valence-corrected chi connectivity index (χ0v) is 25.1. The van der Waals surface area contributed by atoms with Crippen molar-refractivity contribution >= 4 is 23.2 Å². The summed E-state index contributed by atoms with van der Waals surface area (Å²) in [5.41, 5.74) is 4.98. The second kappa shape index (κ2) is 13.6. The molecule has 0 spiro atoms. The number of nitrogens with zero attached hydrogens (tertiary/aromatic N) is 5. The first-order valence-electron chi connectivity index (χ1n) is 15.1. The Hall–Kier alpha value is -5.26. The van der Waals surface area contributed by atoms with Crippen LogP contribution in [0.3, 0.4) is 0 Å². The standard InChI is InChI=1S/C33H34N6O6/c1-3-42-32-34-27-14-9-15-28(45-31(40)21(2)43-33(41)44-24-10-5-4-6-11-24)29(27)39(32)20-22-16-18-23(19-17-22)25-12-7-8-13-26(25)30-35-37-38-36-30/h7-9,12-19,21,24H,3-6,10-11,20H2,1-2H3,(H,35,36,37,38). The van der Waals surface area contributed by atoms with Crippen molar-refractivity contribution in [1.82, 2.24) is 30.2 Å². The lowest BCUT2D eigenvalue weighted by Crippen LogP contribution is -2.31. The number of aromatic amines is 1. The van der Waals surface area contributed by atoms with Crippen LogP contribution in [0.15, 0.2) is 66.7 Å². The van der Waals surface area contributed by atoms with Crippen molar-refractivity contribution in [2.45, 2.75) is 64.7 Å². The highest BCUT2D eigenvalue weighted by atomic mass is 16.7. The molecule has 5 aromatic rings. The molecule has 2 aromatic heterocycles. The lowest BCUT2D eigenvalue weighted by molar-refractivity contribution is -0.144. The fourth-order valence-corrected chi connectivity index (χ4v) is 5.51. The Bertz CT molecular complexity index is 1760. The highest BCUT2D eigenvalue weighted by Gasteiger charge is 2.26. The van der Waals surface area contributed by atoms with Gasteiger partial charge in [0.15, 0.2) is 11.9 Å².